The van der Waals surface area contributed by atoms with Crippen LogP contribution in [0.2, 0.25) is 0 Å². The fourth-order valence-corrected chi connectivity index (χ4v) is 3.62. The van der Waals surface area contributed by atoms with Gasteiger partial charge in [-0.3, -0.25) is 9.89 Å². The average Bonchev–Trinajstić information content (AvgIpc) is 3.42. The van der Waals surface area contributed by atoms with E-state index in [1.54, 1.807) is 6.20 Å². The van der Waals surface area contributed by atoms with Crippen LogP contribution in [-0.2, 0) is 11.2 Å². The van der Waals surface area contributed by atoms with E-state index in [2.05, 4.69) is 30.4 Å². The van der Waals surface area contributed by atoms with Crippen molar-refractivity contribution in [3.05, 3.63) is 29.8 Å². The first-order chi connectivity index (χ1) is 12.7. The molecule has 0 unspecified atom stereocenters. The van der Waals surface area contributed by atoms with Gasteiger partial charge in [0.1, 0.15) is 11.6 Å². The molecule has 2 fully saturated rings. The van der Waals surface area contributed by atoms with E-state index in [1.807, 2.05) is 19.1 Å². The lowest BCUT2D eigenvalue weighted by atomic mass is 9.96. The third kappa shape index (κ3) is 4.20. The second-order valence-corrected chi connectivity index (χ2v) is 7.52. The molecule has 7 heteroatoms. The van der Waals surface area contributed by atoms with Gasteiger partial charge in [0, 0.05) is 43.4 Å². The van der Waals surface area contributed by atoms with Gasteiger partial charge in [0.25, 0.3) is 0 Å². The van der Waals surface area contributed by atoms with Crippen LogP contribution in [0.5, 0.6) is 0 Å². The standard InChI is InChI=1S/C19H26N6O/c1-13-11-18(24-23-13)22-16-6-8-20-17(21-16)12-14-3-2-9-25(10-7-14)19(26)15-4-5-15/h6,8,11,14-15H,2-5,7,9-10,12H2,1H3,(H2,20,21,22,23,24)/t14-/m0/s1. The molecule has 2 aromatic rings. The van der Waals surface area contributed by atoms with Gasteiger partial charge in [0.05, 0.1) is 0 Å². The zero-order valence-corrected chi connectivity index (χ0v) is 15.2. The van der Waals surface area contributed by atoms with Crippen LogP contribution >= 0.6 is 0 Å². The molecular formula is C19H26N6O. The van der Waals surface area contributed by atoms with Gasteiger partial charge in [-0.15, -0.1) is 0 Å². The molecule has 0 spiro atoms. The van der Waals surface area contributed by atoms with Crippen molar-refractivity contribution in [1.29, 1.82) is 0 Å². The largest absolute Gasteiger partial charge is 0.342 e. The van der Waals surface area contributed by atoms with Gasteiger partial charge < -0.3 is 10.2 Å². The van der Waals surface area contributed by atoms with Gasteiger partial charge in [0.2, 0.25) is 5.91 Å². The number of carbonyl (C=O) groups excluding carboxylic acids is 1. The Morgan fingerprint density at radius 1 is 1.27 bits per heavy atom. The molecule has 138 valence electrons. The minimum atomic E-state index is 0.323. The Kier molecular flexibility index (Phi) is 4.86. The number of amides is 1. The summed E-state index contributed by atoms with van der Waals surface area (Å²) in [6.07, 6.45) is 8.08. The third-order valence-electron chi connectivity index (χ3n) is 5.22. The fourth-order valence-electron chi connectivity index (χ4n) is 3.62. The monoisotopic (exact) mass is 354 g/mol. The van der Waals surface area contributed by atoms with Gasteiger partial charge in [-0.1, -0.05) is 0 Å². The maximum absolute atomic E-state index is 12.3. The SMILES string of the molecule is Cc1cc(Nc2ccnc(C[C@H]3CCCN(C(=O)C4CC4)CC3)n2)n[nH]1. The summed E-state index contributed by atoms with van der Waals surface area (Å²) in [5.74, 6) is 3.62. The lowest BCUT2D eigenvalue weighted by Crippen LogP contribution is -2.33. The smallest absolute Gasteiger partial charge is 0.225 e. The Balaban J connectivity index is 1.34. The minimum Gasteiger partial charge on any atom is -0.342 e. The molecule has 1 aliphatic heterocycles. The van der Waals surface area contributed by atoms with Gasteiger partial charge in [-0.05, 0) is 51.0 Å². The molecule has 1 aliphatic carbocycles. The second kappa shape index (κ2) is 7.43. The Bertz CT molecular complexity index is 769. The van der Waals surface area contributed by atoms with Gasteiger partial charge in [-0.25, -0.2) is 9.97 Å². The number of rotatable bonds is 5. The molecule has 3 heterocycles. The highest BCUT2D eigenvalue weighted by molar-refractivity contribution is 5.81. The molecule has 2 N–H and O–H groups in total. The molecule has 1 atom stereocenters. The molecule has 7 nitrogen and oxygen atoms in total. The van der Waals surface area contributed by atoms with E-state index >= 15 is 0 Å². The third-order valence-corrected chi connectivity index (χ3v) is 5.22. The van der Waals surface area contributed by atoms with Crippen LogP contribution < -0.4 is 5.32 Å². The summed E-state index contributed by atoms with van der Waals surface area (Å²) in [7, 11) is 0. The summed E-state index contributed by atoms with van der Waals surface area (Å²) in [6, 6.07) is 3.80. The van der Waals surface area contributed by atoms with E-state index in [0.717, 1.165) is 74.8 Å². The normalized spacial score (nSPS) is 20.7. The predicted octanol–water partition coefficient (Wildman–Crippen LogP) is 2.83. The summed E-state index contributed by atoms with van der Waals surface area (Å²) in [5, 5.41) is 10.3. The number of anilines is 2. The van der Waals surface area contributed by atoms with Crippen molar-refractivity contribution in [3.8, 4) is 0 Å². The topological polar surface area (TPSA) is 86.8 Å². The molecule has 1 amide bonds. The molecule has 0 bridgehead atoms. The van der Waals surface area contributed by atoms with E-state index in [-0.39, 0.29) is 0 Å². The molecule has 0 aromatic carbocycles. The second-order valence-electron chi connectivity index (χ2n) is 7.52. The summed E-state index contributed by atoms with van der Waals surface area (Å²) >= 11 is 0. The van der Waals surface area contributed by atoms with E-state index in [0.29, 0.717) is 17.7 Å². The van der Waals surface area contributed by atoms with E-state index in [1.165, 1.54) is 0 Å². The minimum absolute atomic E-state index is 0.323. The number of nitrogens with zero attached hydrogens (tertiary/aromatic N) is 4. The molecule has 4 rings (SSSR count). The average molecular weight is 354 g/mol. The number of likely N-dealkylation sites (tertiary alicyclic amines) is 1. The lowest BCUT2D eigenvalue weighted by Gasteiger charge is -2.20. The highest BCUT2D eigenvalue weighted by Gasteiger charge is 2.34. The summed E-state index contributed by atoms with van der Waals surface area (Å²) in [6.45, 7) is 3.75. The quantitative estimate of drug-likeness (QED) is 0.862. The summed E-state index contributed by atoms with van der Waals surface area (Å²) < 4.78 is 0. The van der Waals surface area contributed by atoms with Crippen molar-refractivity contribution < 1.29 is 4.79 Å². The fraction of sp³-hybridized carbons (Fsp3) is 0.579. The van der Waals surface area contributed by atoms with Crippen molar-refractivity contribution in [3.63, 3.8) is 0 Å². The van der Waals surface area contributed by atoms with Crippen molar-refractivity contribution >= 4 is 17.5 Å². The van der Waals surface area contributed by atoms with Gasteiger partial charge >= 0.3 is 0 Å². The van der Waals surface area contributed by atoms with Crippen LogP contribution in [0.1, 0.15) is 43.6 Å². The maximum atomic E-state index is 12.3. The first-order valence-corrected chi connectivity index (χ1v) is 9.57. The number of aryl methyl sites for hydroxylation is 1. The molecule has 2 aromatic heterocycles. The van der Waals surface area contributed by atoms with Crippen LogP contribution in [0.4, 0.5) is 11.6 Å². The zero-order chi connectivity index (χ0) is 17.9. The van der Waals surface area contributed by atoms with Crippen molar-refractivity contribution in [2.75, 3.05) is 18.4 Å². The van der Waals surface area contributed by atoms with Crippen molar-refractivity contribution in [2.24, 2.45) is 11.8 Å². The molecule has 26 heavy (non-hydrogen) atoms. The highest BCUT2D eigenvalue weighted by Crippen LogP contribution is 2.32. The zero-order valence-electron chi connectivity index (χ0n) is 15.2. The van der Waals surface area contributed by atoms with E-state index < -0.39 is 0 Å². The Labute approximate surface area is 153 Å². The molecule has 1 saturated heterocycles. The van der Waals surface area contributed by atoms with Crippen molar-refractivity contribution in [1.82, 2.24) is 25.1 Å². The lowest BCUT2D eigenvalue weighted by molar-refractivity contribution is -0.132. The number of hydrogen-bond acceptors (Lipinski definition) is 5. The van der Waals surface area contributed by atoms with Crippen LogP contribution in [0.3, 0.4) is 0 Å². The van der Waals surface area contributed by atoms with Gasteiger partial charge in [-0.2, -0.15) is 5.10 Å². The molecule has 1 saturated carbocycles. The Hall–Kier alpha value is -2.44. The number of aromatic amines is 1. The number of H-pyrrole nitrogens is 1. The van der Waals surface area contributed by atoms with E-state index in [4.69, 9.17) is 0 Å². The number of nitrogens with one attached hydrogen (secondary N) is 2. The van der Waals surface area contributed by atoms with E-state index in [9.17, 15) is 4.79 Å². The van der Waals surface area contributed by atoms with Crippen LogP contribution in [0, 0.1) is 18.8 Å². The number of aromatic nitrogens is 4. The highest BCUT2D eigenvalue weighted by atomic mass is 16.2. The molecule has 0 radical (unpaired) electrons. The molecule has 2 aliphatic rings. The van der Waals surface area contributed by atoms with Crippen molar-refractivity contribution in [2.45, 2.75) is 45.4 Å². The number of carbonyl (C=O) groups is 1. The molecular weight excluding hydrogens is 328 g/mol. The number of hydrogen-bond donors (Lipinski definition) is 2. The van der Waals surface area contributed by atoms with Crippen LogP contribution in [0.25, 0.3) is 0 Å². The summed E-state index contributed by atoms with van der Waals surface area (Å²) in [4.78, 5) is 23.4. The van der Waals surface area contributed by atoms with Crippen LogP contribution in [-0.4, -0.2) is 44.1 Å². The maximum Gasteiger partial charge on any atom is 0.225 e. The van der Waals surface area contributed by atoms with Gasteiger partial charge in [0.15, 0.2) is 5.82 Å². The Morgan fingerprint density at radius 2 is 2.15 bits per heavy atom. The first kappa shape index (κ1) is 17.0. The first-order valence-electron chi connectivity index (χ1n) is 9.57. The van der Waals surface area contributed by atoms with Crippen LogP contribution in [0.15, 0.2) is 18.3 Å². The predicted molar refractivity (Wildman–Crippen MR) is 99.0 cm³/mol. The summed E-state index contributed by atoms with van der Waals surface area (Å²) in [5.41, 5.74) is 1.01. The Morgan fingerprint density at radius 3 is 2.92 bits per heavy atom.